The van der Waals surface area contributed by atoms with Gasteiger partial charge in [-0.3, -0.25) is 4.79 Å². The number of hydrogen-bond donors (Lipinski definition) is 1. The molecule has 0 spiro atoms. The van der Waals surface area contributed by atoms with Crippen molar-refractivity contribution >= 4 is 24.0 Å². The topological polar surface area (TPSA) is 55.6 Å². The molecule has 4 nitrogen and oxygen atoms in total. The van der Waals surface area contributed by atoms with Gasteiger partial charge in [-0.25, -0.2) is 0 Å². The summed E-state index contributed by atoms with van der Waals surface area (Å²) in [6.45, 7) is 2.13. The van der Waals surface area contributed by atoms with Gasteiger partial charge in [0.25, 0.3) is 0 Å². The van der Waals surface area contributed by atoms with Crippen molar-refractivity contribution in [3.63, 3.8) is 0 Å². The highest BCUT2D eigenvalue weighted by Crippen LogP contribution is 2.28. The number of likely N-dealkylation sites (N-methyl/N-ethyl adjacent to an activating group) is 1. The fourth-order valence-electron chi connectivity index (χ4n) is 1.81. The molecule has 2 N–H and O–H groups in total. The molecule has 2 rings (SSSR count). The zero-order valence-corrected chi connectivity index (χ0v) is 12.7. The molecular weight excluding hydrogens is 276 g/mol. The Morgan fingerprint density at radius 1 is 1.35 bits per heavy atom. The quantitative estimate of drug-likeness (QED) is 0.620. The van der Waals surface area contributed by atoms with Crippen molar-refractivity contribution in [2.24, 2.45) is 5.92 Å². The second kappa shape index (κ2) is 8.12. The highest BCUT2D eigenvalue weighted by molar-refractivity contribution is 5.85. The summed E-state index contributed by atoms with van der Waals surface area (Å²) in [7, 11) is 1.82. The molecule has 1 amide bonds. The summed E-state index contributed by atoms with van der Waals surface area (Å²) in [5.41, 5.74) is 7.33. The lowest BCUT2D eigenvalue weighted by atomic mass is 10.1. The van der Waals surface area contributed by atoms with Crippen molar-refractivity contribution in [3.8, 4) is 0 Å². The number of ether oxygens (including phenoxy) is 1. The van der Waals surface area contributed by atoms with E-state index in [-0.39, 0.29) is 18.3 Å². The molecule has 5 heteroatoms. The van der Waals surface area contributed by atoms with Crippen LogP contribution in [0.1, 0.15) is 18.4 Å². The molecular formula is C15H23ClN2O2. The second-order valence-electron chi connectivity index (χ2n) is 5.25. The summed E-state index contributed by atoms with van der Waals surface area (Å²) in [4.78, 5) is 13.7. The van der Waals surface area contributed by atoms with E-state index in [4.69, 9.17) is 10.5 Å². The zero-order chi connectivity index (χ0) is 13.7. The van der Waals surface area contributed by atoms with Crippen LogP contribution in [0.25, 0.3) is 0 Å². The Balaban J connectivity index is 0.00000200. The minimum atomic E-state index is 0. The number of nitrogens with zero attached hydrogens (tertiary/aromatic N) is 1. The van der Waals surface area contributed by atoms with Crippen molar-refractivity contribution in [1.82, 2.24) is 4.90 Å². The van der Waals surface area contributed by atoms with E-state index in [1.165, 1.54) is 12.8 Å². The first-order chi connectivity index (χ1) is 9.15. The van der Waals surface area contributed by atoms with Gasteiger partial charge >= 0.3 is 0 Å². The molecule has 1 saturated carbocycles. The number of anilines is 1. The van der Waals surface area contributed by atoms with Gasteiger partial charge in [-0.2, -0.15) is 0 Å². The number of carbonyl (C=O) groups excluding carboxylic acids is 1. The number of carbonyl (C=O) groups is 1. The molecule has 0 aromatic heterocycles. The third-order valence-electron chi connectivity index (χ3n) is 3.38. The maximum Gasteiger partial charge on any atom is 0.226 e. The van der Waals surface area contributed by atoms with Gasteiger partial charge in [-0.05, 0) is 36.5 Å². The lowest BCUT2D eigenvalue weighted by Crippen LogP contribution is -2.31. The predicted octanol–water partition coefficient (Wildman–Crippen LogP) is 2.12. The third kappa shape index (κ3) is 5.80. The van der Waals surface area contributed by atoms with E-state index in [2.05, 4.69) is 0 Å². The van der Waals surface area contributed by atoms with E-state index in [1.807, 2.05) is 31.3 Å². The lowest BCUT2D eigenvalue weighted by Gasteiger charge is -2.17. The molecule has 112 valence electrons. The minimum absolute atomic E-state index is 0. The van der Waals surface area contributed by atoms with Crippen LogP contribution in [-0.4, -0.2) is 37.6 Å². The van der Waals surface area contributed by atoms with Gasteiger partial charge in [0.1, 0.15) is 0 Å². The molecule has 0 atom stereocenters. The van der Waals surface area contributed by atoms with Gasteiger partial charge in [-0.15, -0.1) is 12.4 Å². The van der Waals surface area contributed by atoms with E-state index in [0.717, 1.165) is 23.8 Å². The third-order valence-corrected chi connectivity index (χ3v) is 3.38. The van der Waals surface area contributed by atoms with Crippen LogP contribution >= 0.6 is 12.4 Å². The first-order valence-electron chi connectivity index (χ1n) is 6.81. The van der Waals surface area contributed by atoms with E-state index >= 15 is 0 Å². The highest BCUT2D eigenvalue weighted by atomic mass is 35.5. The van der Waals surface area contributed by atoms with Gasteiger partial charge in [0, 0.05) is 25.9 Å². The molecule has 0 bridgehead atoms. The maximum atomic E-state index is 12.0. The van der Waals surface area contributed by atoms with Crippen LogP contribution in [0.5, 0.6) is 0 Å². The van der Waals surface area contributed by atoms with E-state index < -0.39 is 0 Å². The van der Waals surface area contributed by atoms with E-state index in [9.17, 15) is 4.79 Å². The molecule has 1 fully saturated rings. The highest BCUT2D eigenvalue weighted by Gasteiger charge is 2.21. The van der Waals surface area contributed by atoms with Crippen LogP contribution < -0.4 is 5.73 Å². The van der Waals surface area contributed by atoms with Gasteiger partial charge in [-0.1, -0.05) is 12.1 Å². The normalized spacial score (nSPS) is 13.7. The SMILES string of the molecule is CN(CCOCC1CC1)C(=O)Cc1ccc(N)cc1.Cl. The summed E-state index contributed by atoms with van der Waals surface area (Å²) in [5.74, 6) is 0.885. The smallest absolute Gasteiger partial charge is 0.226 e. The van der Waals surface area contributed by atoms with Crippen molar-refractivity contribution in [3.05, 3.63) is 29.8 Å². The largest absolute Gasteiger partial charge is 0.399 e. The monoisotopic (exact) mass is 298 g/mol. The van der Waals surface area contributed by atoms with Crippen molar-refractivity contribution in [2.45, 2.75) is 19.3 Å². The predicted molar refractivity (Wildman–Crippen MR) is 83.0 cm³/mol. The fourth-order valence-corrected chi connectivity index (χ4v) is 1.81. The van der Waals surface area contributed by atoms with Gasteiger partial charge in [0.2, 0.25) is 5.91 Å². The van der Waals surface area contributed by atoms with Crippen LogP contribution in [0.3, 0.4) is 0 Å². The number of nitrogens with two attached hydrogens (primary N) is 1. The lowest BCUT2D eigenvalue weighted by molar-refractivity contribution is -0.129. The Morgan fingerprint density at radius 3 is 2.60 bits per heavy atom. The van der Waals surface area contributed by atoms with Gasteiger partial charge in [0.05, 0.1) is 13.0 Å². The fraction of sp³-hybridized carbons (Fsp3) is 0.533. The molecule has 0 saturated heterocycles. The molecule has 0 heterocycles. The number of rotatable bonds is 7. The molecule has 1 aromatic rings. The van der Waals surface area contributed by atoms with Crippen molar-refractivity contribution in [2.75, 3.05) is 32.5 Å². The Labute approximate surface area is 126 Å². The zero-order valence-electron chi connectivity index (χ0n) is 11.9. The molecule has 1 aliphatic carbocycles. The Bertz CT molecular complexity index is 418. The first kappa shape index (κ1) is 16.8. The number of benzene rings is 1. The van der Waals surface area contributed by atoms with Crippen molar-refractivity contribution < 1.29 is 9.53 Å². The molecule has 1 aromatic carbocycles. The standard InChI is InChI=1S/C15H22N2O2.ClH/c1-17(8-9-19-11-13-2-3-13)15(18)10-12-4-6-14(16)7-5-12;/h4-7,13H,2-3,8-11,16H2,1H3;1H. The average molecular weight is 299 g/mol. The molecule has 20 heavy (non-hydrogen) atoms. The molecule has 0 aliphatic heterocycles. The number of hydrogen-bond acceptors (Lipinski definition) is 3. The Morgan fingerprint density at radius 2 is 2.00 bits per heavy atom. The number of amides is 1. The molecule has 0 unspecified atom stereocenters. The van der Waals surface area contributed by atoms with E-state index in [0.29, 0.717) is 19.6 Å². The molecule has 0 radical (unpaired) electrons. The second-order valence-corrected chi connectivity index (χ2v) is 5.25. The first-order valence-corrected chi connectivity index (χ1v) is 6.81. The summed E-state index contributed by atoms with van der Waals surface area (Å²) in [6, 6.07) is 7.43. The maximum absolute atomic E-state index is 12.0. The van der Waals surface area contributed by atoms with Crippen LogP contribution in [0, 0.1) is 5.92 Å². The van der Waals surface area contributed by atoms with Crippen LogP contribution in [0.2, 0.25) is 0 Å². The number of halogens is 1. The van der Waals surface area contributed by atoms with Crippen molar-refractivity contribution in [1.29, 1.82) is 0 Å². The van der Waals surface area contributed by atoms with Gasteiger partial charge in [0.15, 0.2) is 0 Å². The minimum Gasteiger partial charge on any atom is -0.399 e. The Hall–Kier alpha value is -1.26. The number of nitrogen functional groups attached to an aromatic ring is 1. The molecule has 1 aliphatic rings. The summed E-state index contributed by atoms with van der Waals surface area (Å²) in [6.07, 6.45) is 3.01. The Kier molecular flexibility index (Phi) is 6.82. The summed E-state index contributed by atoms with van der Waals surface area (Å²) < 4.78 is 5.53. The van der Waals surface area contributed by atoms with Crippen LogP contribution in [-0.2, 0) is 16.0 Å². The average Bonchev–Trinajstić information content (AvgIpc) is 3.21. The van der Waals surface area contributed by atoms with Crippen LogP contribution in [0.4, 0.5) is 5.69 Å². The summed E-state index contributed by atoms with van der Waals surface area (Å²) >= 11 is 0. The van der Waals surface area contributed by atoms with Crippen LogP contribution in [0.15, 0.2) is 24.3 Å². The van der Waals surface area contributed by atoms with Gasteiger partial charge < -0.3 is 15.4 Å². The van der Waals surface area contributed by atoms with E-state index in [1.54, 1.807) is 4.90 Å². The summed E-state index contributed by atoms with van der Waals surface area (Å²) in [5, 5.41) is 0.